The fraction of sp³-hybridized carbons (Fsp3) is 0.286. The van der Waals surface area contributed by atoms with Crippen molar-refractivity contribution in [2.24, 2.45) is 10.7 Å². The van der Waals surface area contributed by atoms with E-state index in [0.29, 0.717) is 22.7 Å². The fourth-order valence-corrected chi connectivity index (χ4v) is 3.45. The van der Waals surface area contributed by atoms with Gasteiger partial charge in [0.15, 0.2) is 0 Å². The molecule has 3 N–H and O–H groups in total. The highest BCUT2D eigenvalue weighted by atomic mass is 35.5. The number of hydrogen-bond donors (Lipinski definition) is 2. The average molecular weight is 404 g/mol. The first-order valence-electron chi connectivity index (χ1n) is 8.99. The molecule has 0 saturated carbocycles. The van der Waals surface area contributed by atoms with E-state index in [1.807, 2.05) is 36.5 Å². The van der Waals surface area contributed by atoms with Crippen molar-refractivity contribution in [1.82, 2.24) is 5.32 Å². The van der Waals surface area contributed by atoms with Crippen molar-refractivity contribution < 1.29 is 4.74 Å². The van der Waals surface area contributed by atoms with Crippen molar-refractivity contribution in [2.45, 2.75) is 25.5 Å². The van der Waals surface area contributed by atoms with E-state index in [1.165, 1.54) is 0 Å². The number of allylic oxidation sites excluding steroid dienone is 1. The summed E-state index contributed by atoms with van der Waals surface area (Å²) in [4.78, 5) is 4.69. The van der Waals surface area contributed by atoms with Crippen LogP contribution in [0.1, 0.15) is 24.0 Å². The Morgan fingerprint density at radius 1 is 1.15 bits per heavy atom. The van der Waals surface area contributed by atoms with Crippen LogP contribution in [-0.4, -0.2) is 25.3 Å². The Balaban J connectivity index is 1.69. The van der Waals surface area contributed by atoms with E-state index in [4.69, 9.17) is 33.7 Å². The number of nitrogens with zero attached hydrogens (tertiary/aromatic N) is 1. The maximum atomic E-state index is 6.20. The lowest BCUT2D eigenvalue weighted by Crippen LogP contribution is -2.29. The van der Waals surface area contributed by atoms with Crippen LogP contribution >= 0.6 is 23.2 Å². The Kier molecular flexibility index (Phi) is 7.16. The number of nitrogens with two attached hydrogens (primary N) is 1. The van der Waals surface area contributed by atoms with Crippen LogP contribution in [0.2, 0.25) is 10.0 Å². The predicted octanol–water partition coefficient (Wildman–Crippen LogP) is 4.69. The lowest BCUT2D eigenvalue weighted by atomic mass is 10.1. The van der Waals surface area contributed by atoms with Crippen molar-refractivity contribution in [1.29, 1.82) is 0 Å². The van der Waals surface area contributed by atoms with Crippen LogP contribution in [-0.2, 0) is 6.61 Å². The van der Waals surface area contributed by atoms with Gasteiger partial charge in [0.1, 0.15) is 12.4 Å². The molecule has 1 heterocycles. The van der Waals surface area contributed by atoms with E-state index in [0.717, 1.165) is 48.4 Å². The fourth-order valence-electron chi connectivity index (χ4n) is 2.95. The number of ether oxygens (including phenoxy) is 1. The van der Waals surface area contributed by atoms with Gasteiger partial charge >= 0.3 is 0 Å². The summed E-state index contributed by atoms with van der Waals surface area (Å²) in [6, 6.07) is 13.5. The molecule has 142 valence electrons. The van der Waals surface area contributed by atoms with Crippen molar-refractivity contribution in [3.8, 4) is 5.75 Å². The summed E-state index contributed by atoms with van der Waals surface area (Å²) in [5, 5.41) is 4.53. The van der Waals surface area contributed by atoms with Gasteiger partial charge in [-0.1, -0.05) is 41.4 Å². The number of nitrogens with one attached hydrogen (secondary N) is 1. The Labute approximate surface area is 170 Å². The topological polar surface area (TPSA) is 59.6 Å². The summed E-state index contributed by atoms with van der Waals surface area (Å²) in [5.74, 6) is 0.720. The monoisotopic (exact) mass is 403 g/mol. The smallest absolute Gasteiger partial charge is 0.120 e. The molecular formula is C21H23Cl2N3O. The number of rotatable bonds is 6. The third-order valence-electron chi connectivity index (χ3n) is 4.52. The standard InChI is InChI=1S/C21H23Cl2N3O/c22-20-5-2-6-21(23)19(20)14-27-18-4-1-3-15(11-18)16(12-24)13-26-17-7-9-25-10-8-17/h1-6,11-13,17,25H,7-10,14,24H2. The number of hydrogen-bond acceptors (Lipinski definition) is 4. The molecule has 0 aromatic heterocycles. The van der Waals surface area contributed by atoms with Crippen molar-refractivity contribution in [3.05, 3.63) is 69.8 Å². The van der Waals surface area contributed by atoms with Gasteiger partial charge in [-0.2, -0.15) is 0 Å². The lowest BCUT2D eigenvalue weighted by Gasteiger charge is -2.18. The molecule has 1 aliphatic rings. The second kappa shape index (κ2) is 9.79. The maximum absolute atomic E-state index is 6.20. The zero-order valence-electron chi connectivity index (χ0n) is 15.0. The second-order valence-corrected chi connectivity index (χ2v) is 7.21. The van der Waals surface area contributed by atoms with Gasteiger partial charge in [-0.25, -0.2) is 0 Å². The van der Waals surface area contributed by atoms with Crippen LogP contribution < -0.4 is 15.8 Å². The molecule has 0 unspecified atom stereocenters. The van der Waals surface area contributed by atoms with Gasteiger partial charge in [-0.05, 0) is 55.8 Å². The molecule has 0 bridgehead atoms. The second-order valence-electron chi connectivity index (χ2n) is 6.40. The molecule has 27 heavy (non-hydrogen) atoms. The first kappa shape index (κ1) is 19.7. The van der Waals surface area contributed by atoms with Gasteiger partial charge in [-0.15, -0.1) is 0 Å². The van der Waals surface area contributed by atoms with Crippen molar-refractivity contribution >= 4 is 35.0 Å². The summed E-state index contributed by atoms with van der Waals surface area (Å²) in [6.07, 6.45) is 5.54. The Bertz CT molecular complexity index is 810. The molecule has 6 heteroatoms. The molecule has 4 nitrogen and oxygen atoms in total. The van der Waals surface area contributed by atoms with Crippen molar-refractivity contribution in [3.63, 3.8) is 0 Å². The first-order valence-corrected chi connectivity index (χ1v) is 9.75. The first-order chi connectivity index (χ1) is 13.2. The average Bonchev–Trinajstić information content (AvgIpc) is 2.69. The maximum Gasteiger partial charge on any atom is 0.120 e. The van der Waals surface area contributed by atoms with Gasteiger partial charge in [0, 0.05) is 33.6 Å². The largest absolute Gasteiger partial charge is 0.489 e. The molecule has 0 atom stereocenters. The van der Waals surface area contributed by atoms with Crippen LogP contribution in [0.15, 0.2) is 53.7 Å². The van der Waals surface area contributed by atoms with Gasteiger partial charge in [0.25, 0.3) is 0 Å². The predicted molar refractivity (Wildman–Crippen MR) is 114 cm³/mol. The Hall–Kier alpha value is -2.01. The third kappa shape index (κ3) is 5.48. The molecule has 1 fully saturated rings. The highest BCUT2D eigenvalue weighted by Gasteiger charge is 2.11. The normalized spacial score (nSPS) is 16.0. The van der Waals surface area contributed by atoms with E-state index in [2.05, 4.69) is 10.3 Å². The summed E-state index contributed by atoms with van der Waals surface area (Å²) < 4.78 is 5.89. The Morgan fingerprint density at radius 3 is 2.56 bits per heavy atom. The zero-order chi connectivity index (χ0) is 19.1. The third-order valence-corrected chi connectivity index (χ3v) is 5.23. The van der Waals surface area contributed by atoms with E-state index >= 15 is 0 Å². The van der Waals surface area contributed by atoms with Gasteiger partial charge in [0.05, 0.1) is 6.04 Å². The molecule has 0 amide bonds. The molecule has 1 aliphatic heterocycles. The van der Waals surface area contributed by atoms with E-state index in [1.54, 1.807) is 18.3 Å². The number of benzene rings is 2. The molecule has 3 rings (SSSR count). The summed E-state index contributed by atoms with van der Waals surface area (Å²) in [7, 11) is 0. The molecule has 0 aliphatic carbocycles. The quantitative estimate of drug-likeness (QED) is 0.687. The summed E-state index contributed by atoms with van der Waals surface area (Å²) in [5.41, 5.74) is 8.43. The van der Waals surface area contributed by atoms with Crippen LogP contribution in [0.25, 0.3) is 5.57 Å². The molecule has 0 radical (unpaired) electrons. The number of aliphatic imine (C=N–C) groups is 1. The number of piperidine rings is 1. The lowest BCUT2D eigenvalue weighted by molar-refractivity contribution is 0.306. The van der Waals surface area contributed by atoms with E-state index in [-0.39, 0.29) is 0 Å². The SMILES string of the molecule is NC=C(C=NC1CCNCC1)c1cccc(OCc2c(Cl)cccc2Cl)c1. The molecule has 2 aromatic carbocycles. The highest BCUT2D eigenvalue weighted by Crippen LogP contribution is 2.26. The number of halogens is 2. The van der Waals surface area contributed by atoms with Gasteiger partial charge in [-0.3, -0.25) is 4.99 Å². The molecule has 0 spiro atoms. The molecule has 1 saturated heterocycles. The summed E-state index contributed by atoms with van der Waals surface area (Å²) >= 11 is 12.4. The van der Waals surface area contributed by atoms with Crippen LogP contribution in [0, 0.1) is 0 Å². The molecule has 2 aromatic rings. The molecular weight excluding hydrogens is 381 g/mol. The van der Waals surface area contributed by atoms with E-state index in [9.17, 15) is 0 Å². The van der Waals surface area contributed by atoms with E-state index < -0.39 is 0 Å². The van der Waals surface area contributed by atoms with Crippen molar-refractivity contribution in [2.75, 3.05) is 13.1 Å². The Morgan fingerprint density at radius 2 is 1.85 bits per heavy atom. The van der Waals surface area contributed by atoms with Gasteiger partial charge < -0.3 is 15.8 Å². The van der Waals surface area contributed by atoms with Gasteiger partial charge in [0.2, 0.25) is 0 Å². The van der Waals surface area contributed by atoms with Crippen LogP contribution in [0.4, 0.5) is 0 Å². The minimum atomic E-state index is 0.298. The summed E-state index contributed by atoms with van der Waals surface area (Å²) in [6.45, 7) is 2.32. The highest BCUT2D eigenvalue weighted by molar-refractivity contribution is 6.35. The minimum absolute atomic E-state index is 0.298. The minimum Gasteiger partial charge on any atom is -0.489 e. The zero-order valence-corrected chi connectivity index (χ0v) is 16.5. The van der Waals surface area contributed by atoms with Crippen LogP contribution in [0.3, 0.4) is 0 Å². The van der Waals surface area contributed by atoms with Crippen LogP contribution in [0.5, 0.6) is 5.75 Å².